The largest absolute Gasteiger partial charge is 0.223 e. The van der Waals surface area contributed by atoms with Crippen LogP contribution < -0.4 is 0 Å². The molecule has 1 aromatic carbocycles. The fraction of sp³-hybridized carbons (Fsp3) is 0.300. The molecule has 0 amide bonds. The summed E-state index contributed by atoms with van der Waals surface area (Å²) in [6.07, 6.45) is 0. The van der Waals surface area contributed by atoms with Gasteiger partial charge in [0, 0.05) is 0 Å². The molecule has 0 fully saturated rings. The minimum atomic E-state index is -4.46. The normalized spacial score (nSPS) is 11.7. The first-order valence-electron chi connectivity index (χ1n) is 4.66. The van der Waals surface area contributed by atoms with Crippen LogP contribution >= 0.6 is 0 Å². The van der Waals surface area contributed by atoms with Gasteiger partial charge >= 0.3 is 0 Å². The van der Waals surface area contributed by atoms with Gasteiger partial charge in [-0.05, 0) is 13.8 Å². The van der Waals surface area contributed by atoms with Crippen LogP contribution in [0, 0.1) is 34.6 Å². The fourth-order valence-corrected chi connectivity index (χ4v) is 2.44. The van der Waals surface area contributed by atoms with Crippen molar-refractivity contribution in [1.29, 1.82) is 5.26 Å². The van der Waals surface area contributed by atoms with E-state index in [-0.39, 0.29) is 0 Å². The predicted octanol–water partition coefficient (Wildman–Crippen LogP) is 2.30. The first-order chi connectivity index (χ1) is 8.16. The Morgan fingerprint density at radius 2 is 1.44 bits per heavy atom. The number of nitrogens with zero attached hydrogens (tertiary/aromatic N) is 1. The fourth-order valence-electron chi connectivity index (χ4n) is 1.21. The SMILES string of the molecule is CC(C)S(=O)(=O)c1c(F)c(F)c(F)c(F)c1C#N. The van der Waals surface area contributed by atoms with Crippen molar-refractivity contribution in [3.8, 4) is 6.07 Å². The molecule has 98 valence electrons. The van der Waals surface area contributed by atoms with Gasteiger partial charge in [-0.25, -0.2) is 26.0 Å². The number of benzene rings is 1. The van der Waals surface area contributed by atoms with Crippen LogP contribution in [0.3, 0.4) is 0 Å². The molecule has 0 spiro atoms. The van der Waals surface area contributed by atoms with Crippen molar-refractivity contribution < 1.29 is 26.0 Å². The zero-order valence-corrected chi connectivity index (χ0v) is 10.1. The highest BCUT2D eigenvalue weighted by Crippen LogP contribution is 2.29. The molecule has 1 aromatic rings. The van der Waals surface area contributed by atoms with Gasteiger partial charge in [0.25, 0.3) is 0 Å². The highest BCUT2D eigenvalue weighted by Gasteiger charge is 2.34. The molecule has 1 rings (SSSR count). The Morgan fingerprint density at radius 1 is 1.00 bits per heavy atom. The monoisotopic (exact) mass is 281 g/mol. The van der Waals surface area contributed by atoms with Crippen LogP contribution in [0.4, 0.5) is 17.6 Å². The molecule has 0 heterocycles. The van der Waals surface area contributed by atoms with Gasteiger partial charge in [-0.3, -0.25) is 0 Å². The number of hydrogen-bond donors (Lipinski definition) is 0. The maximum atomic E-state index is 13.4. The molecule has 0 aliphatic carbocycles. The summed E-state index contributed by atoms with van der Waals surface area (Å²) in [5.74, 6) is -8.58. The molecule has 0 radical (unpaired) electrons. The maximum absolute atomic E-state index is 13.4. The summed E-state index contributed by atoms with van der Waals surface area (Å²) < 4.78 is 75.9. The highest BCUT2D eigenvalue weighted by atomic mass is 32.2. The van der Waals surface area contributed by atoms with Crippen LogP contribution in [-0.2, 0) is 9.84 Å². The minimum absolute atomic E-state index is 1.03. The molecule has 8 heteroatoms. The Labute approximate surface area is 101 Å². The number of sulfone groups is 1. The van der Waals surface area contributed by atoms with Crippen LogP contribution in [0.5, 0.6) is 0 Å². The molecular weight excluding hydrogens is 274 g/mol. The Kier molecular flexibility index (Phi) is 3.67. The lowest BCUT2D eigenvalue weighted by molar-refractivity contribution is 0.394. The van der Waals surface area contributed by atoms with Crippen LogP contribution in [0.15, 0.2) is 4.90 Å². The van der Waals surface area contributed by atoms with Gasteiger partial charge in [-0.2, -0.15) is 5.26 Å². The summed E-state index contributed by atoms with van der Waals surface area (Å²) in [6, 6.07) is 1.03. The van der Waals surface area contributed by atoms with Crippen molar-refractivity contribution in [2.45, 2.75) is 24.0 Å². The van der Waals surface area contributed by atoms with Gasteiger partial charge in [0.1, 0.15) is 16.5 Å². The Bertz CT molecular complexity index is 647. The average molecular weight is 281 g/mol. The molecule has 0 bridgehead atoms. The van der Waals surface area contributed by atoms with Crippen LogP contribution in [0.2, 0.25) is 0 Å². The van der Waals surface area contributed by atoms with Crippen molar-refractivity contribution in [3.05, 3.63) is 28.8 Å². The van der Waals surface area contributed by atoms with Crippen LogP contribution in [0.25, 0.3) is 0 Å². The topological polar surface area (TPSA) is 57.9 Å². The van der Waals surface area contributed by atoms with E-state index in [1.54, 1.807) is 0 Å². The molecule has 0 atom stereocenters. The number of rotatable bonds is 2. The predicted molar refractivity (Wildman–Crippen MR) is 53.3 cm³/mol. The van der Waals surface area contributed by atoms with Crippen LogP contribution in [0.1, 0.15) is 19.4 Å². The zero-order chi connectivity index (χ0) is 14.2. The summed E-state index contributed by atoms with van der Waals surface area (Å²) in [5.41, 5.74) is -1.36. The molecule has 0 aliphatic heterocycles. The van der Waals surface area contributed by atoms with Crippen molar-refractivity contribution in [3.63, 3.8) is 0 Å². The zero-order valence-electron chi connectivity index (χ0n) is 9.26. The Morgan fingerprint density at radius 3 is 1.83 bits per heavy atom. The quantitative estimate of drug-likeness (QED) is 0.362. The molecule has 0 saturated carbocycles. The lowest BCUT2D eigenvalue weighted by Gasteiger charge is -2.12. The number of halogens is 4. The first kappa shape index (κ1) is 14.4. The third-order valence-corrected chi connectivity index (χ3v) is 4.43. The van der Waals surface area contributed by atoms with Gasteiger partial charge in [-0.15, -0.1) is 0 Å². The summed E-state index contributed by atoms with van der Waals surface area (Å²) in [7, 11) is -4.46. The molecule has 3 nitrogen and oxygen atoms in total. The molecule has 18 heavy (non-hydrogen) atoms. The van der Waals surface area contributed by atoms with Crippen molar-refractivity contribution in [2.75, 3.05) is 0 Å². The maximum Gasteiger partial charge on any atom is 0.198 e. The van der Waals surface area contributed by atoms with Gasteiger partial charge in [-0.1, -0.05) is 0 Å². The second-order valence-electron chi connectivity index (χ2n) is 3.67. The molecule has 0 saturated heterocycles. The van der Waals surface area contributed by atoms with Gasteiger partial charge in [0.15, 0.2) is 33.1 Å². The lowest BCUT2D eigenvalue weighted by Crippen LogP contribution is -2.20. The van der Waals surface area contributed by atoms with E-state index < -0.39 is 48.8 Å². The average Bonchev–Trinajstić information content (AvgIpc) is 2.30. The standard InChI is InChI=1S/C10H7F4NO2S/c1-4(2)18(16,17)10-5(3-15)6(11)7(12)8(13)9(10)14/h4H,1-2H3. The van der Waals surface area contributed by atoms with E-state index in [9.17, 15) is 26.0 Å². The highest BCUT2D eigenvalue weighted by molar-refractivity contribution is 7.92. The number of nitriles is 1. The summed E-state index contributed by atoms with van der Waals surface area (Å²) in [6.45, 7) is 2.27. The smallest absolute Gasteiger partial charge is 0.198 e. The first-order valence-corrected chi connectivity index (χ1v) is 6.20. The molecule has 0 unspecified atom stereocenters. The second-order valence-corrected chi connectivity index (χ2v) is 6.11. The van der Waals surface area contributed by atoms with E-state index >= 15 is 0 Å². The molecule has 0 aromatic heterocycles. The van der Waals surface area contributed by atoms with Gasteiger partial charge in [0.05, 0.1) is 5.25 Å². The summed E-state index contributed by atoms with van der Waals surface area (Å²) in [5, 5.41) is 7.35. The van der Waals surface area contributed by atoms with Gasteiger partial charge in [0.2, 0.25) is 0 Å². The number of hydrogen-bond acceptors (Lipinski definition) is 3. The third kappa shape index (κ3) is 1.95. The summed E-state index contributed by atoms with van der Waals surface area (Å²) in [4.78, 5) is -1.45. The van der Waals surface area contributed by atoms with E-state index in [4.69, 9.17) is 5.26 Å². The minimum Gasteiger partial charge on any atom is -0.223 e. The molecule has 0 N–H and O–H groups in total. The molecular formula is C10H7F4NO2S. The Balaban J connectivity index is 3.93. The Hall–Kier alpha value is -1.62. The van der Waals surface area contributed by atoms with Crippen molar-refractivity contribution >= 4 is 9.84 Å². The third-order valence-electron chi connectivity index (χ3n) is 2.24. The molecule has 0 aliphatic rings. The van der Waals surface area contributed by atoms with E-state index in [1.807, 2.05) is 0 Å². The van der Waals surface area contributed by atoms with E-state index in [0.29, 0.717) is 0 Å². The summed E-state index contributed by atoms with van der Waals surface area (Å²) >= 11 is 0. The van der Waals surface area contributed by atoms with Crippen LogP contribution in [-0.4, -0.2) is 13.7 Å². The van der Waals surface area contributed by atoms with E-state index in [0.717, 1.165) is 19.9 Å². The van der Waals surface area contributed by atoms with Gasteiger partial charge < -0.3 is 0 Å². The van der Waals surface area contributed by atoms with Crippen molar-refractivity contribution in [2.24, 2.45) is 0 Å². The van der Waals surface area contributed by atoms with E-state index in [2.05, 4.69) is 0 Å². The second kappa shape index (κ2) is 4.57. The van der Waals surface area contributed by atoms with E-state index in [1.165, 1.54) is 0 Å². The van der Waals surface area contributed by atoms with Crippen molar-refractivity contribution in [1.82, 2.24) is 0 Å². The lowest BCUT2D eigenvalue weighted by atomic mass is 10.2.